The second-order valence-electron chi connectivity index (χ2n) is 4.65. The number of piperidine rings is 1. The Kier molecular flexibility index (Phi) is 5.19. The van der Waals surface area contributed by atoms with Gasteiger partial charge in [0.1, 0.15) is 4.60 Å². The molecule has 19 heavy (non-hydrogen) atoms. The van der Waals surface area contributed by atoms with Crippen LogP contribution in [0.25, 0.3) is 0 Å². The smallest absolute Gasteiger partial charge is 0.308 e. The van der Waals surface area contributed by atoms with E-state index in [1.54, 1.807) is 6.20 Å². The summed E-state index contributed by atoms with van der Waals surface area (Å²) in [6.07, 6.45) is 3.43. The summed E-state index contributed by atoms with van der Waals surface area (Å²) in [6, 6.07) is 1.93. The maximum absolute atomic E-state index is 11.5. The molecule has 104 valence electrons. The molecule has 4 nitrogen and oxygen atoms in total. The Balaban J connectivity index is 1.92. The van der Waals surface area contributed by atoms with E-state index in [-0.39, 0.29) is 11.9 Å². The molecule has 0 aliphatic carbocycles. The molecule has 1 aromatic heterocycles. The van der Waals surface area contributed by atoms with Crippen LogP contribution in [0.1, 0.15) is 18.4 Å². The van der Waals surface area contributed by atoms with Gasteiger partial charge in [-0.05, 0) is 53.5 Å². The number of nitrogens with zero attached hydrogens (tertiary/aromatic N) is 2. The third-order valence-corrected chi connectivity index (χ3v) is 4.69. The molecule has 0 spiro atoms. The Labute approximate surface area is 126 Å². The van der Waals surface area contributed by atoms with Gasteiger partial charge in [0.15, 0.2) is 0 Å². The van der Waals surface area contributed by atoms with E-state index >= 15 is 0 Å². The first-order chi connectivity index (χ1) is 9.11. The molecule has 0 radical (unpaired) electrons. The second-order valence-corrected chi connectivity index (χ2v) is 5.78. The Morgan fingerprint density at radius 3 is 2.89 bits per heavy atom. The molecule has 0 amide bonds. The molecule has 0 N–H and O–H groups in total. The van der Waals surface area contributed by atoms with Crippen LogP contribution in [0.3, 0.4) is 0 Å². The highest BCUT2D eigenvalue weighted by Crippen LogP contribution is 2.26. The van der Waals surface area contributed by atoms with E-state index in [1.807, 2.05) is 6.07 Å². The van der Waals surface area contributed by atoms with Gasteiger partial charge in [-0.1, -0.05) is 11.6 Å². The Morgan fingerprint density at radius 2 is 2.26 bits per heavy atom. The quantitative estimate of drug-likeness (QED) is 0.623. The fourth-order valence-electron chi connectivity index (χ4n) is 2.31. The van der Waals surface area contributed by atoms with Crippen molar-refractivity contribution >= 4 is 33.5 Å². The van der Waals surface area contributed by atoms with Crippen LogP contribution in [-0.4, -0.2) is 36.1 Å². The number of likely N-dealkylation sites (tertiary alicyclic amines) is 1. The summed E-state index contributed by atoms with van der Waals surface area (Å²) in [7, 11) is 1.45. The number of esters is 1. The maximum atomic E-state index is 11.5. The van der Waals surface area contributed by atoms with Crippen LogP contribution in [0, 0.1) is 5.92 Å². The van der Waals surface area contributed by atoms with Gasteiger partial charge < -0.3 is 4.74 Å². The molecule has 0 saturated carbocycles. The zero-order valence-electron chi connectivity index (χ0n) is 10.7. The van der Waals surface area contributed by atoms with Crippen molar-refractivity contribution in [3.05, 3.63) is 27.5 Å². The lowest BCUT2D eigenvalue weighted by atomic mass is 9.97. The van der Waals surface area contributed by atoms with Gasteiger partial charge >= 0.3 is 5.97 Å². The minimum Gasteiger partial charge on any atom is -0.469 e. The molecule has 1 aromatic rings. The van der Waals surface area contributed by atoms with E-state index in [0.29, 0.717) is 9.63 Å². The number of rotatable bonds is 3. The van der Waals surface area contributed by atoms with Crippen LogP contribution in [-0.2, 0) is 16.1 Å². The first-order valence-electron chi connectivity index (χ1n) is 6.21. The summed E-state index contributed by atoms with van der Waals surface area (Å²) in [5.41, 5.74) is 1.06. The lowest BCUT2D eigenvalue weighted by Crippen LogP contribution is -2.36. The molecule has 2 rings (SSSR count). The third-order valence-electron chi connectivity index (χ3n) is 3.44. The summed E-state index contributed by atoms with van der Waals surface area (Å²) < 4.78 is 5.46. The van der Waals surface area contributed by atoms with Crippen LogP contribution >= 0.6 is 27.5 Å². The number of hydrogen-bond acceptors (Lipinski definition) is 4. The van der Waals surface area contributed by atoms with Crippen molar-refractivity contribution in [2.24, 2.45) is 5.92 Å². The Morgan fingerprint density at radius 1 is 1.58 bits per heavy atom. The van der Waals surface area contributed by atoms with Gasteiger partial charge in [-0.25, -0.2) is 4.98 Å². The Hall–Kier alpha value is -0.650. The number of ether oxygens (including phenoxy) is 1. The lowest BCUT2D eigenvalue weighted by molar-refractivity contribution is -0.147. The van der Waals surface area contributed by atoms with Crippen LogP contribution in [0.5, 0.6) is 0 Å². The number of hydrogen-bond donors (Lipinski definition) is 0. The molecule has 6 heteroatoms. The molecule has 0 atom stereocenters. The highest BCUT2D eigenvalue weighted by molar-refractivity contribution is 9.10. The first kappa shape index (κ1) is 14.8. The van der Waals surface area contributed by atoms with Crippen molar-refractivity contribution in [2.45, 2.75) is 19.4 Å². The summed E-state index contributed by atoms with van der Waals surface area (Å²) in [5.74, 6) is -0.0507. The number of pyridine rings is 1. The van der Waals surface area contributed by atoms with Gasteiger partial charge in [-0.15, -0.1) is 0 Å². The zero-order chi connectivity index (χ0) is 13.8. The van der Waals surface area contributed by atoms with Gasteiger partial charge in [0.25, 0.3) is 0 Å². The van der Waals surface area contributed by atoms with Gasteiger partial charge in [-0.3, -0.25) is 9.69 Å². The standard InChI is InChI=1S/C13H16BrClN2O2/c1-19-13(18)9-3-6-17(7-4-9)8-10-2-5-16-12(14)11(10)15/h2,5,9H,3-4,6-8H2,1H3. The predicted octanol–water partition coefficient (Wildman–Crippen LogP) is 2.88. The minimum atomic E-state index is -0.0932. The fourth-order valence-corrected chi connectivity index (χ4v) is 2.86. The van der Waals surface area contributed by atoms with Crippen molar-refractivity contribution in [3.63, 3.8) is 0 Å². The van der Waals surface area contributed by atoms with Gasteiger partial charge in [-0.2, -0.15) is 0 Å². The maximum Gasteiger partial charge on any atom is 0.308 e. The van der Waals surface area contributed by atoms with E-state index in [1.165, 1.54) is 7.11 Å². The van der Waals surface area contributed by atoms with Crippen molar-refractivity contribution in [3.8, 4) is 0 Å². The minimum absolute atomic E-state index is 0.0425. The topological polar surface area (TPSA) is 42.4 Å². The monoisotopic (exact) mass is 346 g/mol. The molecule has 0 bridgehead atoms. The van der Waals surface area contributed by atoms with E-state index in [0.717, 1.165) is 38.0 Å². The normalized spacial score (nSPS) is 17.4. The van der Waals surface area contributed by atoms with Crippen molar-refractivity contribution < 1.29 is 9.53 Å². The predicted molar refractivity (Wildman–Crippen MR) is 77.0 cm³/mol. The molecule has 0 unspecified atom stereocenters. The lowest BCUT2D eigenvalue weighted by Gasteiger charge is -2.30. The average Bonchev–Trinajstić information content (AvgIpc) is 2.44. The molecular formula is C13H16BrClN2O2. The van der Waals surface area contributed by atoms with E-state index in [2.05, 4.69) is 25.8 Å². The van der Waals surface area contributed by atoms with Crippen molar-refractivity contribution in [1.82, 2.24) is 9.88 Å². The Bertz CT molecular complexity index is 462. The molecule has 1 saturated heterocycles. The number of carbonyl (C=O) groups is 1. The number of halogens is 2. The highest BCUT2D eigenvalue weighted by atomic mass is 79.9. The van der Waals surface area contributed by atoms with E-state index < -0.39 is 0 Å². The number of carbonyl (C=O) groups excluding carboxylic acids is 1. The van der Waals surface area contributed by atoms with Crippen LogP contribution < -0.4 is 0 Å². The number of methoxy groups -OCH3 is 1. The molecular weight excluding hydrogens is 332 g/mol. The summed E-state index contributed by atoms with van der Waals surface area (Å²) in [6.45, 7) is 2.56. The summed E-state index contributed by atoms with van der Waals surface area (Å²) in [5, 5.41) is 0.664. The molecule has 1 fully saturated rings. The van der Waals surface area contributed by atoms with Crippen LogP contribution in [0.4, 0.5) is 0 Å². The average molecular weight is 348 g/mol. The second kappa shape index (κ2) is 6.68. The van der Waals surface area contributed by atoms with Crippen molar-refractivity contribution in [1.29, 1.82) is 0 Å². The molecule has 1 aliphatic rings. The van der Waals surface area contributed by atoms with E-state index in [9.17, 15) is 4.79 Å². The first-order valence-corrected chi connectivity index (χ1v) is 7.38. The van der Waals surface area contributed by atoms with Crippen LogP contribution in [0.2, 0.25) is 5.02 Å². The molecule has 0 aromatic carbocycles. The summed E-state index contributed by atoms with van der Waals surface area (Å²) >= 11 is 9.53. The largest absolute Gasteiger partial charge is 0.469 e. The molecule has 2 heterocycles. The molecule has 1 aliphatic heterocycles. The van der Waals surface area contributed by atoms with E-state index in [4.69, 9.17) is 16.3 Å². The van der Waals surface area contributed by atoms with Gasteiger partial charge in [0.2, 0.25) is 0 Å². The third kappa shape index (κ3) is 3.68. The van der Waals surface area contributed by atoms with Crippen LogP contribution in [0.15, 0.2) is 16.9 Å². The van der Waals surface area contributed by atoms with Gasteiger partial charge in [0, 0.05) is 12.7 Å². The SMILES string of the molecule is COC(=O)C1CCN(Cc2ccnc(Br)c2Cl)CC1. The highest BCUT2D eigenvalue weighted by Gasteiger charge is 2.25. The zero-order valence-corrected chi connectivity index (χ0v) is 13.1. The van der Waals surface area contributed by atoms with Crippen molar-refractivity contribution in [2.75, 3.05) is 20.2 Å². The van der Waals surface area contributed by atoms with Gasteiger partial charge in [0.05, 0.1) is 18.1 Å². The summed E-state index contributed by atoms with van der Waals surface area (Å²) in [4.78, 5) is 17.8. The fraction of sp³-hybridized carbons (Fsp3) is 0.538. The number of aromatic nitrogens is 1.